The lowest BCUT2D eigenvalue weighted by molar-refractivity contribution is 0.155. The van der Waals surface area contributed by atoms with Crippen molar-refractivity contribution in [2.75, 3.05) is 5.32 Å². The Morgan fingerprint density at radius 2 is 1.95 bits per heavy atom. The number of anilines is 1. The molecule has 110 valence electrons. The van der Waals surface area contributed by atoms with E-state index in [0.29, 0.717) is 0 Å². The molecular formula is C13H13N3O4S. The van der Waals surface area contributed by atoms with E-state index in [1.54, 1.807) is 0 Å². The van der Waals surface area contributed by atoms with E-state index >= 15 is 0 Å². The van der Waals surface area contributed by atoms with Crippen molar-refractivity contribution >= 4 is 21.9 Å². The van der Waals surface area contributed by atoms with Crippen LogP contribution in [-0.4, -0.2) is 19.5 Å². The summed E-state index contributed by atoms with van der Waals surface area (Å²) in [5.74, 6) is 0.0413. The summed E-state index contributed by atoms with van der Waals surface area (Å²) >= 11 is 0. The van der Waals surface area contributed by atoms with Gasteiger partial charge in [-0.15, -0.1) is 0 Å². The molecule has 21 heavy (non-hydrogen) atoms. The first-order valence-corrected chi connectivity index (χ1v) is 7.46. The second kappa shape index (κ2) is 6.33. The lowest BCUT2D eigenvalue weighted by Crippen LogP contribution is -2.16. The van der Waals surface area contributed by atoms with Gasteiger partial charge in [0.15, 0.2) is 0 Å². The van der Waals surface area contributed by atoms with Crippen LogP contribution in [0.4, 0.5) is 10.6 Å². The third-order valence-corrected chi connectivity index (χ3v) is 3.41. The van der Waals surface area contributed by atoms with Crippen LogP contribution < -0.4 is 10.5 Å². The van der Waals surface area contributed by atoms with Crippen LogP contribution in [0.25, 0.3) is 0 Å². The van der Waals surface area contributed by atoms with Crippen molar-refractivity contribution in [1.82, 2.24) is 4.98 Å². The summed E-state index contributed by atoms with van der Waals surface area (Å²) in [4.78, 5) is 15.3. The average molecular weight is 307 g/mol. The average Bonchev–Trinajstić information content (AvgIpc) is 2.46. The zero-order valence-corrected chi connectivity index (χ0v) is 11.7. The van der Waals surface area contributed by atoms with Crippen LogP contribution in [0.15, 0.2) is 53.6 Å². The minimum atomic E-state index is -3.85. The molecule has 0 spiro atoms. The van der Waals surface area contributed by atoms with E-state index in [1.165, 1.54) is 12.3 Å². The normalized spacial score (nSPS) is 10.9. The SMILES string of the molecule is NS(=O)(=O)c1ccnc(NC(=O)OCc2ccccc2)c1. The molecule has 0 aliphatic rings. The van der Waals surface area contributed by atoms with Gasteiger partial charge in [-0.1, -0.05) is 30.3 Å². The maximum atomic E-state index is 11.6. The maximum Gasteiger partial charge on any atom is 0.413 e. The summed E-state index contributed by atoms with van der Waals surface area (Å²) in [7, 11) is -3.85. The number of nitrogens with zero attached hydrogens (tertiary/aromatic N) is 1. The Balaban J connectivity index is 1.97. The molecule has 7 nitrogen and oxygen atoms in total. The monoisotopic (exact) mass is 307 g/mol. The third kappa shape index (κ3) is 4.55. The first kappa shape index (κ1) is 14.9. The summed E-state index contributed by atoms with van der Waals surface area (Å²) in [5.41, 5.74) is 0.832. The fraction of sp³-hybridized carbons (Fsp3) is 0.0769. The van der Waals surface area contributed by atoms with Gasteiger partial charge in [-0.2, -0.15) is 0 Å². The Kier molecular flexibility index (Phi) is 4.51. The number of sulfonamides is 1. The molecule has 0 atom stereocenters. The van der Waals surface area contributed by atoms with E-state index in [9.17, 15) is 13.2 Å². The standard InChI is InChI=1S/C13H13N3O4S/c14-21(18,19)11-6-7-15-12(8-11)16-13(17)20-9-10-4-2-1-3-5-10/h1-8H,9H2,(H2,14,18,19)(H,15,16,17). The molecule has 8 heteroatoms. The number of carbonyl (C=O) groups excluding carboxylic acids is 1. The Hall–Kier alpha value is -2.45. The molecule has 0 fully saturated rings. The lowest BCUT2D eigenvalue weighted by atomic mass is 10.2. The number of aromatic nitrogens is 1. The third-order valence-electron chi connectivity index (χ3n) is 2.50. The molecule has 1 heterocycles. The van der Waals surface area contributed by atoms with Gasteiger partial charge in [0.2, 0.25) is 10.0 Å². The Bertz CT molecular complexity index is 732. The van der Waals surface area contributed by atoms with Crippen molar-refractivity contribution in [2.45, 2.75) is 11.5 Å². The van der Waals surface area contributed by atoms with Gasteiger partial charge in [0.05, 0.1) is 4.90 Å². The minimum absolute atomic E-state index is 0.0413. The molecule has 0 aliphatic carbocycles. The fourth-order valence-corrected chi connectivity index (χ4v) is 2.05. The van der Waals surface area contributed by atoms with Gasteiger partial charge in [0.1, 0.15) is 12.4 Å². The Labute approximate surface area is 121 Å². The second-order valence-corrected chi connectivity index (χ2v) is 5.67. The van der Waals surface area contributed by atoms with Crippen molar-refractivity contribution in [2.24, 2.45) is 5.14 Å². The summed E-state index contributed by atoms with van der Waals surface area (Å²) in [6, 6.07) is 11.5. The first-order valence-electron chi connectivity index (χ1n) is 5.92. The molecule has 1 amide bonds. The topological polar surface area (TPSA) is 111 Å². The van der Waals surface area contributed by atoms with Crippen molar-refractivity contribution in [3.8, 4) is 0 Å². The molecule has 3 N–H and O–H groups in total. The van der Waals surface area contributed by atoms with E-state index in [-0.39, 0.29) is 17.3 Å². The molecule has 0 unspecified atom stereocenters. The first-order chi connectivity index (χ1) is 9.95. The number of nitrogens with one attached hydrogen (secondary N) is 1. The smallest absolute Gasteiger partial charge is 0.413 e. The molecule has 0 aliphatic heterocycles. The van der Waals surface area contributed by atoms with Crippen LogP contribution in [0.1, 0.15) is 5.56 Å². The van der Waals surface area contributed by atoms with E-state index < -0.39 is 16.1 Å². The molecule has 1 aromatic carbocycles. The number of ether oxygens (including phenoxy) is 1. The number of nitrogens with two attached hydrogens (primary N) is 1. The number of rotatable bonds is 4. The van der Waals surface area contributed by atoms with Crippen LogP contribution in [0.5, 0.6) is 0 Å². The second-order valence-electron chi connectivity index (χ2n) is 4.11. The Morgan fingerprint density at radius 3 is 2.62 bits per heavy atom. The van der Waals surface area contributed by atoms with Crippen LogP contribution in [-0.2, 0) is 21.4 Å². The van der Waals surface area contributed by atoms with Gasteiger partial charge in [-0.3, -0.25) is 5.32 Å². The van der Waals surface area contributed by atoms with Gasteiger partial charge in [0, 0.05) is 12.3 Å². The van der Waals surface area contributed by atoms with Gasteiger partial charge in [0.25, 0.3) is 0 Å². The van der Waals surface area contributed by atoms with Crippen molar-refractivity contribution < 1.29 is 17.9 Å². The molecule has 2 rings (SSSR count). The zero-order chi connectivity index (χ0) is 15.3. The van der Waals surface area contributed by atoms with Crippen molar-refractivity contribution in [3.05, 3.63) is 54.2 Å². The van der Waals surface area contributed by atoms with Gasteiger partial charge in [-0.05, 0) is 11.6 Å². The largest absolute Gasteiger partial charge is 0.444 e. The van der Waals surface area contributed by atoms with E-state index in [4.69, 9.17) is 9.88 Å². The zero-order valence-electron chi connectivity index (χ0n) is 10.9. The molecule has 0 saturated heterocycles. The summed E-state index contributed by atoms with van der Waals surface area (Å²) in [5, 5.41) is 7.32. The number of pyridine rings is 1. The van der Waals surface area contributed by atoms with Gasteiger partial charge in [-0.25, -0.2) is 23.3 Å². The molecular weight excluding hydrogens is 294 g/mol. The van der Waals surface area contributed by atoms with Crippen molar-refractivity contribution in [3.63, 3.8) is 0 Å². The van der Waals surface area contributed by atoms with E-state index in [1.807, 2.05) is 30.3 Å². The molecule has 1 aromatic heterocycles. The maximum absolute atomic E-state index is 11.6. The summed E-state index contributed by atoms with van der Waals surface area (Å²) in [6.45, 7) is 0.0988. The predicted octanol–water partition coefficient (Wildman–Crippen LogP) is 1.48. The van der Waals surface area contributed by atoms with E-state index in [2.05, 4.69) is 10.3 Å². The Morgan fingerprint density at radius 1 is 1.24 bits per heavy atom. The highest BCUT2D eigenvalue weighted by atomic mass is 32.2. The van der Waals surface area contributed by atoms with Crippen LogP contribution in [0.3, 0.4) is 0 Å². The molecule has 0 radical (unpaired) electrons. The number of primary sulfonamides is 1. The quantitative estimate of drug-likeness (QED) is 0.888. The molecule has 0 bridgehead atoms. The van der Waals surface area contributed by atoms with Crippen LogP contribution >= 0.6 is 0 Å². The highest BCUT2D eigenvalue weighted by Gasteiger charge is 2.11. The van der Waals surface area contributed by atoms with E-state index in [0.717, 1.165) is 11.6 Å². The molecule has 2 aromatic rings. The highest BCUT2D eigenvalue weighted by molar-refractivity contribution is 7.89. The molecule has 0 saturated carbocycles. The number of hydrogen-bond donors (Lipinski definition) is 2. The minimum Gasteiger partial charge on any atom is -0.444 e. The number of benzene rings is 1. The lowest BCUT2D eigenvalue weighted by Gasteiger charge is -2.07. The highest BCUT2D eigenvalue weighted by Crippen LogP contribution is 2.11. The van der Waals surface area contributed by atoms with Gasteiger partial charge < -0.3 is 4.74 Å². The van der Waals surface area contributed by atoms with Crippen LogP contribution in [0.2, 0.25) is 0 Å². The predicted molar refractivity (Wildman–Crippen MR) is 75.9 cm³/mol. The van der Waals surface area contributed by atoms with Crippen molar-refractivity contribution in [1.29, 1.82) is 0 Å². The number of carbonyl (C=O) groups is 1. The summed E-state index contributed by atoms with van der Waals surface area (Å²) < 4.78 is 27.4. The van der Waals surface area contributed by atoms with Crippen LogP contribution in [0, 0.1) is 0 Å². The number of hydrogen-bond acceptors (Lipinski definition) is 5. The fourth-order valence-electron chi connectivity index (χ4n) is 1.52. The summed E-state index contributed by atoms with van der Waals surface area (Å²) in [6.07, 6.45) is 0.491. The van der Waals surface area contributed by atoms with Gasteiger partial charge >= 0.3 is 6.09 Å². The number of amides is 1.